The number of rotatable bonds is 4. The fourth-order valence-corrected chi connectivity index (χ4v) is 2.29. The van der Waals surface area contributed by atoms with Gasteiger partial charge in [0.2, 0.25) is 0 Å². The lowest BCUT2D eigenvalue weighted by Gasteiger charge is -2.12. The molecule has 0 amide bonds. The summed E-state index contributed by atoms with van der Waals surface area (Å²) in [5.74, 6) is 0. The first kappa shape index (κ1) is 11.9. The number of benzene rings is 1. The van der Waals surface area contributed by atoms with Crippen LogP contribution in [-0.2, 0) is 0 Å². The highest BCUT2D eigenvalue weighted by molar-refractivity contribution is 5.58. The van der Waals surface area contributed by atoms with Crippen molar-refractivity contribution in [1.82, 2.24) is 5.32 Å². The van der Waals surface area contributed by atoms with Crippen LogP contribution in [0.3, 0.4) is 0 Å². The van der Waals surface area contributed by atoms with Crippen molar-refractivity contribution in [1.29, 1.82) is 5.26 Å². The van der Waals surface area contributed by atoms with Crippen molar-refractivity contribution >= 4 is 5.69 Å². The summed E-state index contributed by atoms with van der Waals surface area (Å²) in [4.78, 5) is 0. The maximum atomic E-state index is 9.02. The van der Waals surface area contributed by atoms with Crippen molar-refractivity contribution < 1.29 is 0 Å². The molecule has 1 saturated heterocycles. The second kappa shape index (κ2) is 5.70. The Kier molecular flexibility index (Phi) is 4.00. The van der Waals surface area contributed by atoms with E-state index in [-0.39, 0.29) is 0 Å². The molecule has 0 spiro atoms. The van der Waals surface area contributed by atoms with E-state index in [1.807, 2.05) is 25.1 Å². The molecule has 0 radical (unpaired) electrons. The van der Waals surface area contributed by atoms with Crippen LogP contribution in [0.2, 0.25) is 0 Å². The molecule has 0 unspecified atom stereocenters. The number of nitrogens with zero attached hydrogens (tertiary/aromatic N) is 1. The Balaban J connectivity index is 1.89. The van der Waals surface area contributed by atoms with Crippen LogP contribution in [0.25, 0.3) is 0 Å². The summed E-state index contributed by atoms with van der Waals surface area (Å²) >= 11 is 0. The normalized spacial score (nSPS) is 18.9. The van der Waals surface area contributed by atoms with E-state index in [0.717, 1.165) is 30.8 Å². The van der Waals surface area contributed by atoms with E-state index in [1.54, 1.807) is 0 Å². The molecule has 3 heteroatoms. The Labute approximate surface area is 103 Å². The monoisotopic (exact) mass is 229 g/mol. The van der Waals surface area contributed by atoms with E-state index in [1.165, 1.54) is 18.4 Å². The van der Waals surface area contributed by atoms with Crippen molar-refractivity contribution in [2.24, 2.45) is 0 Å². The van der Waals surface area contributed by atoms with Gasteiger partial charge in [-0.2, -0.15) is 5.26 Å². The Morgan fingerprint density at radius 2 is 2.41 bits per heavy atom. The third-order valence-electron chi connectivity index (χ3n) is 3.27. The molecule has 1 aromatic carbocycles. The SMILES string of the molecule is Cc1ccc(C#N)c(NCC[C@H]2CCCN2)c1. The highest BCUT2D eigenvalue weighted by Crippen LogP contribution is 2.17. The minimum absolute atomic E-state index is 0.651. The zero-order valence-electron chi connectivity index (χ0n) is 10.3. The summed E-state index contributed by atoms with van der Waals surface area (Å²) in [6, 6.07) is 8.77. The lowest BCUT2D eigenvalue weighted by molar-refractivity contribution is 0.574. The first-order valence-electron chi connectivity index (χ1n) is 6.27. The lowest BCUT2D eigenvalue weighted by Crippen LogP contribution is -2.24. The predicted octanol–water partition coefficient (Wildman–Crippen LogP) is 2.42. The fourth-order valence-electron chi connectivity index (χ4n) is 2.29. The van der Waals surface area contributed by atoms with Crippen LogP contribution in [-0.4, -0.2) is 19.1 Å². The van der Waals surface area contributed by atoms with Crippen LogP contribution in [0.5, 0.6) is 0 Å². The Morgan fingerprint density at radius 1 is 1.53 bits per heavy atom. The molecule has 1 aliphatic heterocycles. The average Bonchev–Trinajstić information content (AvgIpc) is 2.82. The van der Waals surface area contributed by atoms with Crippen LogP contribution in [0.1, 0.15) is 30.4 Å². The van der Waals surface area contributed by atoms with Crippen LogP contribution >= 0.6 is 0 Å². The molecule has 0 aromatic heterocycles. The predicted molar refractivity (Wildman–Crippen MR) is 70.0 cm³/mol. The highest BCUT2D eigenvalue weighted by Gasteiger charge is 2.13. The molecule has 2 rings (SSSR count). The average molecular weight is 229 g/mol. The number of anilines is 1. The van der Waals surface area contributed by atoms with E-state index in [9.17, 15) is 0 Å². The summed E-state index contributed by atoms with van der Waals surface area (Å²) in [7, 11) is 0. The molecule has 0 aliphatic carbocycles. The van der Waals surface area contributed by atoms with Crippen LogP contribution in [0, 0.1) is 18.3 Å². The minimum Gasteiger partial charge on any atom is -0.384 e. The number of nitrogens with one attached hydrogen (secondary N) is 2. The molecule has 0 saturated carbocycles. The molecule has 1 heterocycles. The van der Waals surface area contributed by atoms with Gasteiger partial charge in [-0.1, -0.05) is 6.07 Å². The van der Waals surface area contributed by atoms with Crippen molar-refractivity contribution in [3.8, 4) is 6.07 Å². The van der Waals surface area contributed by atoms with Crippen LogP contribution < -0.4 is 10.6 Å². The molecule has 3 nitrogen and oxygen atoms in total. The number of hydrogen-bond acceptors (Lipinski definition) is 3. The van der Waals surface area contributed by atoms with Gasteiger partial charge in [0.15, 0.2) is 0 Å². The van der Waals surface area contributed by atoms with Gasteiger partial charge in [-0.05, 0) is 50.4 Å². The minimum atomic E-state index is 0.651. The van der Waals surface area contributed by atoms with Gasteiger partial charge in [0, 0.05) is 12.6 Å². The second-order valence-electron chi connectivity index (χ2n) is 4.67. The standard InChI is InChI=1S/C14H19N3/c1-11-4-5-12(10-15)14(9-11)17-8-6-13-3-2-7-16-13/h4-5,9,13,16-17H,2-3,6-8H2,1H3/t13-/m1/s1. The molecule has 90 valence electrons. The van der Waals surface area contributed by atoms with Gasteiger partial charge in [-0.25, -0.2) is 0 Å². The molecule has 1 atom stereocenters. The lowest BCUT2D eigenvalue weighted by atomic mass is 10.1. The Morgan fingerprint density at radius 3 is 3.12 bits per heavy atom. The van der Waals surface area contributed by atoms with Gasteiger partial charge >= 0.3 is 0 Å². The van der Waals surface area contributed by atoms with Gasteiger partial charge in [0.1, 0.15) is 6.07 Å². The van der Waals surface area contributed by atoms with Crippen LogP contribution in [0.4, 0.5) is 5.69 Å². The smallest absolute Gasteiger partial charge is 0.101 e. The fraction of sp³-hybridized carbons (Fsp3) is 0.500. The molecule has 0 bridgehead atoms. The van der Waals surface area contributed by atoms with Crippen LogP contribution in [0.15, 0.2) is 18.2 Å². The van der Waals surface area contributed by atoms with E-state index in [4.69, 9.17) is 5.26 Å². The first-order valence-corrected chi connectivity index (χ1v) is 6.27. The van der Waals surface area contributed by atoms with E-state index in [0.29, 0.717) is 6.04 Å². The van der Waals surface area contributed by atoms with E-state index in [2.05, 4.69) is 16.7 Å². The van der Waals surface area contributed by atoms with Gasteiger partial charge in [-0.15, -0.1) is 0 Å². The summed E-state index contributed by atoms with van der Waals surface area (Å²) in [6.07, 6.45) is 3.69. The maximum Gasteiger partial charge on any atom is 0.101 e. The molecule has 1 fully saturated rings. The van der Waals surface area contributed by atoms with Crippen molar-refractivity contribution in [2.75, 3.05) is 18.4 Å². The zero-order valence-corrected chi connectivity index (χ0v) is 10.3. The molecular formula is C14H19N3. The van der Waals surface area contributed by atoms with Crippen molar-refractivity contribution in [3.63, 3.8) is 0 Å². The number of nitriles is 1. The zero-order chi connectivity index (χ0) is 12.1. The summed E-state index contributed by atoms with van der Waals surface area (Å²) < 4.78 is 0. The largest absolute Gasteiger partial charge is 0.384 e. The molecule has 1 aromatic rings. The van der Waals surface area contributed by atoms with Gasteiger partial charge < -0.3 is 10.6 Å². The van der Waals surface area contributed by atoms with Crippen molar-refractivity contribution in [2.45, 2.75) is 32.2 Å². The summed E-state index contributed by atoms with van der Waals surface area (Å²) in [6.45, 7) is 4.12. The van der Waals surface area contributed by atoms with E-state index >= 15 is 0 Å². The Hall–Kier alpha value is -1.53. The summed E-state index contributed by atoms with van der Waals surface area (Å²) in [5.41, 5.74) is 2.88. The quantitative estimate of drug-likeness (QED) is 0.833. The number of aryl methyl sites for hydroxylation is 1. The topological polar surface area (TPSA) is 47.9 Å². The third kappa shape index (κ3) is 3.21. The summed E-state index contributed by atoms with van der Waals surface area (Å²) in [5, 5.41) is 15.9. The van der Waals surface area contributed by atoms with Crippen molar-refractivity contribution in [3.05, 3.63) is 29.3 Å². The maximum absolute atomic E-state index is 9.02. The number of hydrogen-bond donors (Lipinski definition) is 2. The van der Waals surface area contributed by atoms with Gasteiger partial charge in [0.25, 0.3) is 0 Å². The molecule has 1 aliphatic rings. The van der Waals surface area contributed by atoms with Gasteiger partial charge in [0.05, 0.1) is 11.3 Å². The Bertz CT molecular complexity index is 414. The second-order valence-corrected chi connectivity index (χ2v) is 4.67. The highest BCUT2D eigenvalue weighted by atomic mass is 15.0. The molecular weight excluding hydrogens is 210 g/mol. The molecule has 17 heavy (non-hydrogen) atoms. The third-order valence-corrected chi connectivity index (χ3v) is 3.27. The van der Waals surface area contributed by atoms with E-state index < -0.39 is 0 Å². The molecule has 2 N–H and O–H groups in total. The first-order chi connectivity index (χ1) is 8.29. The van der Waals surface area contributed by atoms with Gasteiger partial charge in [-0.3, -0.25) is 0 Å².